The van der Waals surface area contributed by atoms with Crippen molar-refractivity contribution in [1.29, 1.82) is 0 Å². The number of epoxide rings is 1. The lowest BCUT2D eigenvalue weighted by Crippen LogP contribution is -2.26. The summed E-state index contributed by atoms with van der Waals surface area (Å²) in [5.74, 6) is -0.275. The Labute approximate surface area is 102 Å². The monoisotopic (exact) mass is 234 g/mol. The average Bonchev–Trinajstić information content (AvgIpc) is 2.96. The first-order valence-corrected chi connectivity index (χ1v) is 5.82. The fraction of sp³-hybridized carbons (Fsp3) is 0.500. The Kier molecular flexibility index (Phi) is 2.96. The first-order valence-electron chi connectivity index (χ1n) is 5.82. The van der Waals surface area contributed by atoms with E-state index in [4.69, 9.17) is 9.47 Å². The third kappa shape index (κ3) is 3.07. The van der Waals surface area contributed by atoms with Crippen molar-refractivity contribution in [2.75, 3.05) is 0 Å². The molecule has 0 bridgehead atoms. The summed E-state index contributed by atoms with van der Waals surface area (Å²) in [6, 6.07) is 8.01. The molecule has 2 atom stereocenters. The molecule has 1 fully saturated rings. The highest BCUT2D eigenvalue weighted by Crippen LogP contribution is 2.40. The maximum Gasteiger partial charge on any atom is 0.338 e. The van der Waals surface area contributed by atoms with Crippen molar-refractivity contribution in [1.82, 2.24) is 0 Å². The Morgan fingerprint density at radius 2 is 1.82 bits per heavy atom. The van der Waals surface area contributed by atoms with Gasteiger partial charge in [0.15, 0.2) is 6.10 Å². The molecule has 0 amide bonds. The Balaban J connectivity index is 1.96. The maximum atomic E-state index is 11.7. The fourth-order valence-electron chi connectivity index (χ4n) is 1.66. The summed E-state index contributed by atoms with van der Waals surface area (Å²) in [6.07, 6.45) is -0.567. The Morgan fingerprint density at radius 1 is 1.24 bits per heavy atom. The minimum Gasteiger partial charge on any atom is -0.458 e. The SMILES string of the molecule is Cc1ccc([C@@H]2O[C@@H]2C(=O)OC(C)(C)C)cc1. The number of rotatable bonds is 2. The van der Waals surface area contributed by atoms with Crippen LogP contribution in [0.2, 0.25) is 0 Å². The van der Waals surface area contributed by atoms with Gasteiger partial charge >= 0.3 is 5.97 Å². The molecule has 1 aliphatic rings. The maximum absolute atomic E-state index is 11.7. The number of hydrogen-bond acceptors (Lipinski definition) is 3. The van der Waals surface area contributed by atoms with Crippen molar-refractivity contribution in [3.05, 3.63) is 35.4 Å². The molecule has 2 rings (SSSR count). The molecule has 0 radical (unpaired) electrons. The van der Waals surface area contributed by atoms with Gasteiger partial charge in [0.2, 0.25) is 0 Å². The molecular weight excluding hydrogens is 216 g/mol. The molecule has 92 valence electrons. The van der Waals surface area contributed by atoms with Crippen molar-refractivity contribution in [3.63, 3.8) is 0 Å². The van der Waals surface area contributed by atoms with Gasteiger partial charge < -0.3 is 9.47 Å². The molecule has 3 heteroatoms. The lowest BCUT2D eigenvalue weighted by atomic mass is 10.1. The van der Waals surface area contributed by atoms with Gasteiger partial charge in [0.05, 0.1) is 0 Å². The molecule has 1 aromatic carbocycles. The van der Waals surface area contributed by atoms with Crippen LogP contribution in [0.1, 0.15) is 38.0 Å². The molecule has 0 aliphatic carbocycles. The molecule has 1 aliphatic heterocycles. The van der Waals surface area contributed by atoms with Crippen LogP contribution in [-0.2, 0) is 14.3 Å². The molecule has 17 heavy (non-hydrogen) atoms. The fourth-order valence-corrected chi connectivity index (χ4v) is 1.66. The predicted molar refractivity (Wildman–Crippen MR) is 64.6 cm³/mol. The van der Waals surface area contributed by atoms with Crippen LogP contribution in [-0.4, -0.2) is 17.7 Å². The highest BCUT2D eigenvalue weighted by Gasteiger charge is 2.48. The Bertz CT molecular complexity index is 414. The summed E-state index contributed by atoms with van der Waals surface area (Å²) in [5, 5.41) is 0. The summed E-state index contributed by atoms with van der Waals surface area (Å²) in [5.41, 5.74) is 1.77. The van der Waals surface area contributed by atoms with Gasteiger partial charge in [-0.1, -0.05) is 29.8 Å². The van der Waals surface area contributed by atoms with Crippen LogP contribution in [0.15, 0.2) is 24.3 Å². The minimum absolute atomic E-state index is 0.134. The largest absolute Gasteiger partial charge is 0.458 e. The zero-order valence-corrected chi connectivity index (χ0v) is 10.7. The van der Waals surface area contributed by atoms with Crippen molar-refractivity contribution < 1.29 is 14.3 Å². The predicted octanol–water partition coefficient (Wildman–Crippen LogP) is 2.78. The van der Waals surface area contributed by atoms with Gasteiger partial charge in [-0.2, -0.15) is 0 Å². The lowest BCUT2D eigenvalue weighted by Gasteiger charge is -2.18. The number of aryl methyl sites for hydroxylation is 1. The zero-order valence-electron chi connectivity index (χ0n) is 10.7. The van der Waals surface area contributed by atoms with Gasteiger partial charge in [0, 0.05) is 0 Å². The molecule has 0 N–H and O–H groups in total. The summed E-state index contributed by atoms with van der Waals surface area (Å²) in [6.45, 7) is 7.60. The van der Waals surface area contributed by atoms with E-state index in [9.17, 15) is 4.79 Å². The molecular formula is C14H18O3. The van der Waals surface area contributed by atoms with Crippen molar-refractivity contribution >= 4 is 5.97 Å². The van der Waals surface area contributed by atoms with Crippen LogP contribution < -0.4 is 0 Å². The highest BCUT2D eigenvalue weighted by molar-refractivity contribution is 5.78. The van der Waals surface area contributed by atoms with E-state index in [-0.39, 0.29) is 12.1 Å². The van der Waals surface area contributed by atoms with Crippen molar-refractivity contribution in [2.45, 2.75) is 45.5 Å². The van der Waals surface area contributed by atoms with Crippen molar-refractivity contribution in [3.8, 4) is 0 Å². The number of hydrogen-bond donors (Lipinski definition) is 0. The molecule has 0 aromatic heterocycles. The highest BCUT2D eigenvalue weighted by atomic mass is 16.6. The van der Waals surface area contributed by atoms with Crippen LogP contribution in [0.5, 0.6) is 0 Å². The molecule has 0 unspecified atom stereocenters. The van der Waals surface area contributed by atoms with E-state index in [1.54, 1.807) is 0 Å². The summed E-state index contributed by atoms with van der Waals surface area (Å²) in [4.78, 5) is 11.7. The molecule has 3 nitrogen and oxygen atoms in total. The zero-order chi connectivity index (χ0) is 12.6. The second-order valence-electron chi connectivity index (χ2n) is 5.42. The number of carbonyl (C=O) groups excluding carboxylic acids is 1. The van der Waals surface area contributed by atoms with E-state index >= 15 is 0 Å². The summed E-state index contributed by atoms with van der Waals surface area (Å²) < 4.78 is 10.6. The van der Waals surface area contributed by atoms with Crippen LogP contribution >= 0.6 is 0 Å². The number of esters is 1. The van der Waals surface area contributed by atoms with E-state index < -0.39 is 11.7 Å². The van der Waals surface area contributed by atoms with E-state index in [0.717, 1.165) is 5.56 Å². The number of ether oxygens (including phenoxy) is 2. The van der Waals surface area contributed by atoms with Gasteiger partial charge in [-0.3, -0.25) is 0 Å². The Hall–Kier alpha value is -1.35. The van der Waals surface area contributed by atoms with E-state index in [0.29, 0.717) is 0 Å². The number of benzene rings is 1. The van der Waals surface area contributed by atoms with Gasteiger partial charge in [0.1, 0.15) is 11.7 Å². The van der Waals surface area contributed by atoms with Gasteiger partial charge in [-0.25, -0.2) is 4.79 Å². The van der Waals surface area contributed by atoms with Crippen molar-refractivity contribution in [2.24, 2.45) is 0 Å². The van der Waals surface area contributed by atoms with E-state index in [1.165, 1.54) is 5.56 Å². The quantitative estimate of drug-likeness (QED) is 0.583. The summed E-state index contributed by atoms with van der Waals surface area (Å²) in [7, 11) is 0. The molecule has 0 spiro atoms. The van der Waals surface area contributed by atoms with Crippen LogP contribution in [0.3, 0.4) is 0 Å². The second kappa shape index (κ2) is 4.15. The first-order chi connectivity index (χ1) is 7.87. The second-order valence-corrected chi connectivity index (χ2v) is 5.42. The number of carbonyl (C=O) groups is 1. The van der Waals surface area contributed by atoms with E-state index in [1.807, 2.05) is 52.0 Å². The Morgan fingerprint density at radius 3 is 2.35 bits per heavy atom. The summed E-state index contributed by atoms with van der Waals surface area (Å²) >= 11 is 0. The average molecular weight is 234 g/mol. The van der Waals surface area contributed by atoms with Gasteiger partial charge in [-0.15, -0.1) is 0 Å². The van der Waals surface area contributed by atoms with Crippen LogP contribution in [0, 0.1) is 6.92 Å². The van der Waals surface area contributed by atoms with E-state index in [2.05, 4.69) is 0 Å². The normalized spacial score (nSPS) is 23.3. The van der Waals surface area contributed by atoms with Gasteiger partial charge in [-0.05, 0) is 33.3 Å². The molecule has 1 saturated heterocycles. The smallest absolute Gasteiger partial charge is 0.338 e. The van der Waals surface area contributed by atoms with Crippen LogP contribution in [0.25, 0.3) is 0 Å². The minimum atomic E-state index is -0.457. The lowest BCUT2D eigenvalue weighted by molar-refractivity contribution is -0.156. The molecule has 1 heterocycles. The topological polar surface area (TPSA) is 38.8 Å². The first kappa shape index (κ1) is 12.1. The van der Waals surface area contributed by atoms with Gasteiger partial charge in [0.25, 0.3) is 0 Å². The molecule has 0 saturated carbocycles. The molecule has 1 aromatic rings. The van der Waals surface area contributed by atoms with Crippen LogP contribution in [0.4, 0.5) is 0 Å². The standard InChI is InChI=1S/C14H18O3/c1-9-5-7-10(8-6-9)11-12(16-11)13(15)17-14(2,3)4/h5-8,11-12H,1-4H3/t11-,12-/m0/s1. The third-order valence-corrected chi connectivity index (χ3v) is 2.54. The third-order valence-electron chi connectivity index (χ3n) is 2.54.